The summed E-state index contributed by atoms with van der Waals surface area (Å²) in [4.78, 5) is 10.4. The van der Waals surface area contributed by atoms with Gasteiger partial charge < -0.3 is 4.74 Å². The topological polar surface area (TPSA) is 50.1 Å². The molecule has 0 aromatic heterocycles. The molecule has 0 radical (unpaired) electrons. The lowest BCUT2D eigenvalue weighted by Gasteiger charge is -2.09. The first kappa shape index (κ1) is 8.98. The average molecular weight is 171 g/mol. The Bertz CT molecular complexity index is 236. The molecular formula is C8H10FNO2. The Labute approximate surface area is 70.1 Å². The van der Waals surface area contributed by atoms with Gasteiger partial charge in [0.15, 0.2) is 0 Å². The van der Waals surface area contributed by atoms with Crippen LogP contribution in [0.1, 0.15) is 19.8 Å². The summed E-state index contributed by atoms with van der Waals surface area (Å²) in [5.74, 6) is -0.425. The molecule has 0 N–H and O–H groups in total. The van der Waals surface area contributed by atoms with E-state index in [2.05, 4.69) is 4.74 Å². The molecule has 3 nitrogen and oxygen atoms in total. The molecule has 0 unspecified atom stereocenters. The number of carbonyl (C=O) groups is 1. The zero-order valence-electron chi connectivity index (χ0n) is 6.84. The maximum Gasteiger partial charge on any atom is 0.302 e. The highest BCUT2D eigenvalue weighted by atomic mass is 19.1. The fourth-order valence-electron chi connectivity index (χ4n) is 1.08. The fourth-order valence-corrected chi connectivity index (χ4v) is 1.08. The number of rotatable bonds is 3. The second-order valence-electron chi connectivity index (χ2n) is 3.15. The number of hydrogen-bond acceptors (Lipinski definition) is 3. The Morgan fingerprint density at radius 2 is 2.50 bits per heavy atom. The predicted octanol–water partition coefficient (Wildman–Crippen LogP) is 1.19. The van der Waals surface area contributed by atoms with Crippen molar-refractivity contribution in [1.82, 2.24) is 0 Å². The number of esters is 1. The normalized spacial score (nSPS) is 32.2. The maximum absolute atomic E-state index is 12.7. The van der Waals surface area contributed by atoms with Gasteiger partial charge in [0.25, 0.3) is 0 Å². The minimum Gasteiger partial charge on any atom is -0.465 e. The van der Waals surface area contributed by atoms with Gasteiger partial charge in [-0.15, -0.1) is 0 Å². The number of hydrogen-bond donors (Lipinski definition) is 0. The molecule has 0 saturated heterocycles. The van der Waals surface area contributed by atoms with Gasteiger partial charge >= 0.3 is 5.97 Å². The van der Waals surface area contributed by atoms with Crippen LogP contribution in [0, 0.1) is 16.7 Å². The third-order valence-electron chi connectivity index (χ3n) is 2.08. The zero-order valence-corrected chi connectivity index (χ0v) is 6.84. The van der Waals surface area contributed by atoms with E-state index in [9.17, 15) is 9.18 Å². The van der Waals surface area contributed by atoms with Gasteiger partial charge in [-0.2, -0.15) is 5.26 Å². The molecular weight excluding hydrogens is 161 g/mol. The van der Waals surface area contributed by atoms with Crippen LogP contribution in [0.3, 0.4) is 0 Å². The van der Waals surface area contributed by atoms with Crippen LogP contribution in [-0.4, -0.2) is 18.7 Å². The molecule has 1 aliphatic rings. The van der Waals surface area contributed by atoms with E-state index in [0.717, 1.165) is 0 Å². The summed E-state index contributed by atoms with van der Waals surface area (Å²) in [7, 11) is 0. The Kier molecular flexibility index (Phi) is 2.32. The smallest absolute Gasteiger partial charge is 0.302 e. The van der Waals surface area contributed by atoms with Crippen LogP contribution in [0.15, 0.2) is 0 Å². The van der Waals surface area contributed by atoms with Crippen molar-refractivity contribution in [2.24, 2.45) is 5.41 Å². The van der Waals surface area contributed by atoms with Gasteiger partial charge in [0.05, 0.1) is 11.5 Å². The number of nitriles is 1. The number of ether oxygens (including phenoxy) is 1. The highest BCUT2D eigenvalue weighted by Gasteiger charge is 2.56. The molecule has 0 bridgehead atoms. The summed E-state index contributed by atoms with van der Waals surface area (Å²) in [5.41, 5.74) is -0.680. The SMILES string of the molecule is CC(=O)OC[C@]1(CC#N)C[C@@H]1F. The van der Waals surface area contributed by atoms with E-state index in [1.165, 1.54) is 6.92 Å². The van der Waals surface area contributed by atoms with E-state index in [1.54, 1.807) is 0 Å². The lowest BCUT2D eigenvalue weighted by Crippen LogP contribution is -2.15. The molecule has 4 heteroatoms. The minimum atomic E-state index is -0.975. The molecule has 66 valence electrons. The van der Waals surface area contributed by atoms with E-state index < -0.39 is 17.6 Å². The highest BCUT2D eigenvalue weighted by molar-refractivity contribution is 5.66. The van der Waals surface area contributed by atoms with E-state index in [0.29, 0.717) is 6.42 Å². The van der Waals surface area contributed by atoms with Gasteiger partial charge in [0, 0.05) is 13.3 Å². The Morgan fingerprint density at radius 1 is 1.92 bits per heavy atom. The molecule has 12 heavy (non-hydrogen) atoms. The Morgan fingerprint density at radius 3 is 2.83 bits per heavy atom. The molecule has 0 amide bonds. The lowest BCUT2D eigenvalue weighted by atomic mass is 10.1. The predicted molar refractivity (Wildman–Crippen MR) is 38.8 cm³/mol. The minimum absolute atomic E-state index is 0.0388. The third kappa shape index (κ3) is 1.73. The molecule has 1 saturated carbocycles. The van der Waals surface area contributed by atoms with Gasteiger partial charge in [-0.1, -0.05) is 0 Å². The molecule has 1 rings (SSSR count). The van der Waals surface area contributed by atoms with Crippen molar-refractivity contribution in [3.63, 3.8) is 0 Å². The summed E-state index contributed by atoms with van der Waals surface area (Å²) in [6.07, 6.45) is -0.508. The monoisotopic (exact) mass is 171 g/mol. The van der Waals surface area contributed by atoms with Gasteiger partial charge in [-0.25, -0.2) is 4.39 Å². The molecule has 1 fully saturated rings. The van der Waals surface area contributed by atoms with Crippen LogP contribution < -0.4 is 0 Å². The molecule has 0 aromatic rings. The van der Waals surface area contributed by atoms with Crippen LogP contribution in [0.2, 0.25) is 0 Å². The summed E-state index contributed by atoms with van der Waals surface area (Å²) < 4.78 is 17.4. The number of alkyl halides is 1. The first-order valence-electron chi connectivity index (χ1n) is 3.75. The maximum atomic E-state index is 12.7. The van der Waals surface area contributed by atoms with Crippen molar-refractivity contribution in [3.05, 3.63) is 0 Å². The third-order valence-corrected chi connectivity index (χ3v) is 2.08. The van der Waals surface area contributed by atoms with Gasteiger partial charge in [-0.3, -0.25) is 4.79 Å². The molecule has 1 aliphatic carbocycles. The zero-order chi connectivity index (χ0) is 9.19. The van der Waals surface area contributed by atoms with E-state index in [-0.39, 0.29) is 13.0 Å². The van der Waals surface area contributed by atoms with Crippen LogP contribution in [0.25, 0.3) is 0 Å². The molecule has 0 aromatic carbocycles. The van der Waals surface area contributed by atoms with Crippen LogP contribution in [0.5, 0.6) is 0 Å². The summed E-state index contributed by atoms with van der Waals surface area (Å²) in [6, 6.07) is 1.89. The van der Waals surface area contributed by atoms with Crippen LogP contribution in [0.4, 0.5) is 4.39 Å². The molecule has 2 atom stereocenters. The van der Waals surface area contributed by atoms with E-state index >= 15 is 0 Å². The largest absolute Gasteiger partial charge is 0.465 e. The Hall–Kier alpha value is -1.11. The molecule has 0 heterocycles. The summed E-state index contributed by atoms with van der Waals surface area (Å²) >= 11 is 0. The average Bonchev–Trinajstić information content (AvgIpc) is 2.60. The summed E-state index contributed by atoms with van der Waals surface area (Å²) in [5, 5.41) is 8.37. The quantitative estimate of drug-likeness (QED) is 0.599. The van der Waals surface area contributed by atoms with Gasteiger partial charge in [0.1, 0.15) is 12.8 Å². The van der Waals surface area contributed by atoms with Crippen molar-refractivity contribution in [3.8, 4) is 6.07 Å². The molecule has 0 aliphatic heterocycles. The number of carbonyl (C=O) groups excluding carboxylic acids is 1. The van der Waals surface area contributed by atoms with Crippen molar-refractivity contribution in [2.75, 3.05) is 6.61 Å². The lowest BCUT2D eigenvalue weighted by molar-refractivity contribution is -0.143. The summed E-state index contributed by atoms with van der Waals surface area (Å²) in [6.45, 7) is 1.31. The first-order chi connectivity index (χ1) is 5.60. The van der Waals surface area contributed by atoms with Gasteiger partial charge in [0.2, 0.25) is 0 Å². The Balaban J connectivity index is 2.38. The standard InChI is InChI=1S/C8H10FNO2/c1-6(11)12-5-8(2-3-10)4-7(8)9/h7H,2,4-5H2,1H3/t7-,8-/m0/s1. The van der Waals surface area contributed by atoms with Crippen LogP contribution >= 0.6 is 0 Å². The van der Waals surface area contributed by atoms with Crippen molar-refractivity contribution in [2.45, 2.75) is 25.9 Å². The second-order valence-corrected chi connectivity index (χ2v) is 3.15. The van der Waals surface area contributed by atoms with Crippen molar-refractivity contribution in [1.29, 1.82) is 5.26 Å². The van der Waals surface area contributed by atoms with E-state index in [1.807, 2.05) is 6.07 Å². The van der Waals surface area contributed by atoms with Crippen molar-refractivity contribution >= 4 is 5.97 Å². The van der Waals surface area contributed by atoms with Crippen molar-refractivity contribution < 1.29 is 13.9 Å². The highest BCUT2D eigenvalue weighted by Crippen LogP contribution is 2.51. The first-order valence-corrected chi connectivity index (χ1v) is 3.75. The van der Waals surface area contributed by atoms with Crippen LogP contribution in [-0.2, 0) is 9.53 Å². The van der Waals surface area contributed by atoms with Gasteiger partial charge in [-0.05, 0) is 6.42 Å². The van der Waals surface area contributed by atoms with E-state index in [4.69, 9.17) is 5.26 Å². The second kappa shape index (κ2) is 3.10. The number of halogens is 1. The number of nitrogens with zero attached hydrogens (tertiary/aromatic N) is 1. The fraction of sp³-hybridized carbons (Fsp3) is 0.750. The molecule has 0 spiro atoms.